The number of halogens is 2. The Morgan fingerprint density at radius 3 is 2.50 bits per heavy atom. The van der Waals surface area contributed by atoms with Crippen LogP contribution in [0.25, 0.3) is 0 Å². The minimum atomic E-state index is -0.791. The first-order valence-electron chi connectivity index (χ1n) is 8.39. The van der Waals surface area contributed by atoms with Gasteiger partial charge in [-0.25, -0.2) is 18.7 Å². The first kappa shape index (κ1) is 19.2. The second-order valence-electron chi connectivity index (χ2n) is 6.13. The van der Waals surface area contributed by atoms with Gasteiger partial charge in [0.05, 0.1) is 18.5 Å². The van der Waals surface area contributed by atoms with Crippen LogP contribution in [0.4, 0.5) is 26.1 Å². The first-order valence-corrected chi connectivity index (χ1v) is 8.39. The Hall–Kier alpha value is -3.55. The Kier molecular flexibility index (Phi) is 5.49. The molecule has 0 aliphatic heterocycles. The smallest absolute Gasteiger partial charge is 0.274 e. The van der Waals surface area contributed by atoms with Crippen molar-refractivity contribution in [2.45, 2.75) is 13.8 Å². The average Bonchev–Trinajstić information content (AvgIpc) is 2.64. The number of nitrogens with zero attached hydrogens (tertiary/aromatic N) is 2. The number of rotatable bonds is 5. The van der Waals surface area contributed by atoms with Gasteiger partial charge in [0, 0.05) is 11.8 Å². The van der Waals surface area contributed by atoms with Crippen LogP contribution >= 0.6 is 0 Å². The number of hydrogen-bond donors (Lipinski definition) is 2. The van der Waals surface area contributed by atoms with Crippen LogP contribution in [0.2, 0.25) is 0 Å². The molecule has 0 saturated carbocycles. The maximum absolute atomic E-state index is 13.9. The topological polar surface area (TPSA) is 76.1 Å². The molecule has 0 radical (unpaired) electrons. The molecule has 0 saturated heterocycles. The van der Waals surface area contributed by atoms with Crippen LogP contribution in [0, 0.1) is 25.5 Å². The van der Waals surface area contributed by atoms with Gasteiger partial charge in [0.2, 0.25) is 5.95 Å². The standard InChI is InChI=1S/C20H18F2N4O2/c1-11-4-7-18(28-3)16(8-11)24-19(27)17-9-12(2)23-20(26-17)25-15-6-5-13(21)10-14(15)22/h4-10H,1-3H3,(H,24,27)(H,23,25,26). The zero-order chi connectivity index (χ0) is 20.3. The van der Waals surface area contributed by atoms with Gasteiger partial charge >= 0.3 is 0 Å². The number of aryl methyl sites for hydroxylation is 2. The Morgan fingerprint density at radius 2 is 1.79 bits per heavy atom. The lowest BCUT2D eigenvalue weighted by atomic mass is 10.2. The van der Waals surface area contributed by atoms with E-state index >= 15 is 0 Å². The molecule has 3 rings (SSSR count). The highest BCUT2D eigenvalue weighted by Crippen LogP contribution is 2.26. The third-order valence-electron chi connectivity index (χ3n) is 3.87. The second kappa shape index (κ2) is 7.99. The molecule has 2 N–H and O–H groups in total. The summed E-state index contributed by atoms with van der Waals surface area (Å²) in [6, 6.07) is 9.98. The number of hydrogen-bond acceptors (Lipinski definition) is 5. The third kappa shape index (κ3) is 4.40. The summed E-state index contributed by atoms with van der Waals surface area (Å²) in [5.41, 5.74) is 2.04. The molecule has 28 heavy (non-hydrogen) atoms. The summed E-state index contributed by atoms with van der Waals surface area (Å²) in [6.07, 6.45) is 0. The molecular formula is C20H18F2N4O2. The highest BCUT2D eigenvalue weighted by Gasteiger charge is 2.14. The Morgan fingerprint density at radius 1 is 1.00 bits per heavy atom. The van der Waals surface area contributed by atoms with Crippen molar-refractivity contribution in [1.82, 2.24) is 9.97 Å². The summed E-state index contributed by atoms with van der Waals surface area (Å²) in [6.45, 7) is 3.57. The minimum Gasteiger partial charge on any atom is -0.495 e. The van der Waals surface area contributed by atoms with Gasteiger partial charge < -0.3 is 15.4 Å². The Bertz CT molecular complexity index is 1040. The molecule has 6 nitrogen and oxygen atoms in total. The molecule has 0 fully saturated rings. The lowest BCUT2D eigenvalue weighted by Crippen LogP contribution is -2.16. The van der Waals surface area contributed by atoms with Crippen molar-refractivity contribution in [3.63, 3.8) is 0 Å². The predicted octanol–water partition coefficient (Wildman–Crippen LogP) is 4.38. The van der Waals surface area contributed by atoms with E-state index in [4.69, 9.17) is 4.74 Å². The number of anilines is 3. The number of aromatic nitrogens is 2. The van der Waals surface area contributed by atoms with Crippen molar-refractivity contribution in [3.8, 4) is 5.75 Å². The summed E-state index contributed by atoms with van der Waals surface area (Å²) >= 11 is 0. The molecule has 1 heterocycles. The van der Waals surface area contributed by atoms with Gasteiger partial charge in [0.25, 0.3) is 5.91 Å². The molecule has 0 unspecified atom stereocenters. The zero-order valence-electron chi connectivity index (χ0n) is 15.5. The van der Waals surface area contributed by atoms with Crippen LogP contribution in [0.1, 0.15) is 21.7 Å². The highest BCUT2D eigenvalue weighted by atomic mass is 19.1. The molecule has 144 valence electrons. The number of amides is 1. The molecule has 0 bridgehead atoms. The van der Waals surface area contributed by atoms with E-state index in [2.05, 4.69) is 20.6 Å². The van der Waals surface area contributed by atoms with Crippen LogP contribution in [-0.4, -0.2) is 23.0 Å². The predicted molar refractivity (Wildman–Crippen MR) is 102 cm³/mol. The molecule has 3 aromatic rings. The average molecular weight is 384 g/mol. The summed E-state index contributed by atoms with van der Waals surface area (Å²) in [5, 5.41) is 5.41. The van der Waals surface area contributed by atoms with Gasteiger partial charge in [0.15, 0.2) is 0 Å². The normalized spacial score (nSPS) is 10.5. The lowest BCUT2D eigenvalue weighted by molar-refractivity contribution is 0.102. The zero-order valence-corrected chi connectivity index (χ0v) is 15.5. The van der Waals surface area contributed by atoms with E-state index in [1.165, 1.54) is 19.2 Å². The van der Waals surface area contributed by atoms with Crippen LogP contribution in [-0.2, 0) is 0 Å². The van der Waals surface area contributed by atoms with Crippen LogP contribution in [0.3, 0.4) is 0 Å². The van der Waals surface area contributed by atoms with Gasteiger partial charge in [0.1, 0.15) is 23.1 Å². The largest absolute Gasteiger partial charge is 0.495 e. The Labute approximate surface area is 160 Å². The SMILES string of the molecule is COc1ccc(C)cc1NC(=O)c1cc(C)nc(Nc2ccc(F)cc2F)n1. The number of benzene rings is 2. The number of carbonyl (C=O) groups is 1. The van der Waals surface area contributed by atoms with Crippen LogP contribution in [0.15, 0.2) is 42.5 Å². The van der Waals surface area contributed by atoms with Crippen molar-refractivity contribution < 1.29 is 18.3 Å². The van der Waals surface area contributed by atoms with Gasteiger partial charge in [-0.3, -0.25) is 4.79 Å². The third-order valence-corrected chi connectivity index (χ3v) is 3.87. The maximum Gasteiger partial charge on any atom is 0.274 e. The van der Waals surface area contributed by atoms with Crippen molar-refractivity contribution in [2.75, 3.05) is 17.7 Å². The number of nitrogens with one attached hydrogen (secondary N) is 2. The van der Waals surface area contributed by atoms with E-state index in [1.54, 1.807) is 19.1 Å². The molecule has 8 heteroatoms. The fourth-order valence-corrected chi connectivity index (χ4v) is 2.56. The summed E-state index contributed by atoms with van der Waals surface area (Å²) in [4.78, 5) is 20.9. The second-order valence-corrected chi connectivity index (χ2v) is 6.13. The minimum absolute atomic E-state index is 0.00119. The van der Waals surface area contributed by atoms with Gasteiger partial charge in [-0.05, 0) is 49.7 Å². The van der Waals surface area contributed by atoms with Gasteiger partial charge in [-0.1, -0.05) is 6.07 Å². The number of methoxy groups -OCH3 is 1. The Balaban J connectivity index is 1.86. The molecule has 2 aromatic carbocycles. The molecule has 1 aromatic heterocycles. The fraction of sp³-hybridized carbons (Fsp3) is 0.150. The monoisotopic (exact) mass is 384 g/mol. The maximum atomic E-state index is 13.9. The molecular weight excluding hydrogens is 366 g/mol. The van der Waals surface area contributed by atoms with Gasteiger partial charge in [-0.2, -0.15) is 0 Å². The van der Waals surface area contributed by atoms with Crippen molar-refractivity contribution in [2.24, 2.45) is 0 Å². The van der Waals surface area contributed by atoms with Gasteiger partial charge in [-0.15, -0.1) is 0 Å². The van der Waals surface area contributed by atoms with Crippen LogP contribution in [0.5, 0.6) is 5.75 Å². The van der Waals surface area contributed by atoms with E-state index in [0.717, 1.165) is 17.7 Å². The van der Waals surface area contributed by atoms with Crippen LogP contribution < -0.4 is 15.4 Å². The van der Waals surface area contributed by atoms with E-state index in [9.17, 15) is 13.6 Å². The summed E-state index contributed by atoms with van der Waals surface area (Å²) in [5.74, 6) is -1.43. The van der Waals surface area contributed by atoms with Crippen molar-refractivity contribution in [3.05, 3.63) is 71.1 Å². The molecule has 0 spiro atoms. The molecule has 0 aliphatic carbocycles. The quantitative estimate of drug-likeness (QED) is 0.683. The molecule has 0 atom stereocenters. The summed E-state index contributed by atoms with van der Waals surface area (Å²) in [7, 11) is 1.51. The number of ether oxygens (including phenoxy) is 1. The van der Waals surface area contributed by atoms with E-state index in [-0.39, 0.29) is 17.3 Å². The fourth-order valence-electron chi connectivity index (χ4n) is 2.56. The lowest BCUT2D eigenvalue weighted by Gasteiger charge is -2.12. The number of carbonyl (C=O) groups excluding carboxylic acids is 1. The van der Waals surface area contributed by atoms with E-state index < -0.39 is 17.5 Å². The summed E-state index contributed by atoms with van der Waals surface area (Å²) < 4.78 is 32.2. The molecule has 0 aliphatic rings. The van der Waals surface area contributed by atoms with Crippen molar-refractivity contribution >= 4 is 23.2 Å². The van der Waals surface area contributed by atoms with E-state index in [0.29, 0.717) is 17.1 Å². The van der Waals surface area contributed by atoms with E-state index in [1.807, 2.05) is 13.0 Å². The highest BCUT2D eigenvalue weighted by molar-refractivity contribution is 6.04. The first-order chi connectivity index (χ1) is 13.4. The van der Waals surface area contributed by atoms with Crippen molar-refractivity contribution in [1.29, 1.82) is 0 Å². The molecule has 1 amide bonds.